The van der Waals surface area contributed by atoms with Crippen molar-refractivity contribution in [2.45, 2.75) is 64.8 Å². The molecule has 2 aliphatic carbocycles. The van der Waals surface area contributed by atoms with Gasteiger partial charge in [0.05, 0.1) is 7.11 Å². The van der Waals surface area contributed by atoms with Crippen LogP contribution < -0.4 is 5.32 Å². The smallest absolute Gasteiger partial charge is 0.326 e. The molecule has 2 aliphatic rings. The Hall–Kier alpha value is -0.570. The highest BCUT2D eigenvalue weighted by molar-refractivity contribution is 5.81. The summed E-state index contributed by atoms with van der Waals surface area (Å²) in [4.78, 5) is 12.5. The molecule has 3 nitrogen and oxygen atoms in total. The first-order valence-corrected chi connectivity index (χ1v) is 7.73. The minimum Gasteiger partial charge on any atom is -0.468 e. The van der Waals surface area contributed by atoms with Gasteiger partial charge in [0.15, 0.2) is 0 Å². The largest absolute Gasteiger partial charge is 0.468 e. The molecule has 2 fully saturated rings. The number of esters is 1. The Bertz CT molecular complexity index is 330. The fraction of sp³-hybridized carbons (Fsp3) is 0.938. The third-order valence-electron chi connectivity index (χ3n) is 4.91. The van der Waals surface area contributed by atoms with Gasteiger partial charge in [-0.05, 0) is 49.5 Å². The van der Waals surface area contributed by atoms with E-state index in [1.165, 1.54) is 26.4 Å². The molecule has 0 aromatic heterocycles. The van der Waals surface area contributed by atoms with Crippen LogP contribution in [-0.2, 0) is 9.53 Å². The molecule has 1 N–H and O–H groups in total. The SMILES string of the molecule is COC(=O)C1(NCC2CC2)CCCCC1C(C)(C)C. The molecule has 2 unspecified atom stereocenters. The topological polar surface area (TPSA) is 38.3 Å². The highest BCUT2D eigenvalue weighted by Crippen LogP contribution is 2.45. The molecule has 0 aliphatic heterocycles. The molecule has 0 aromatic rings. The van der Waals surface area contributed by atoms with E-state index in [9.17, 15) is 4.79 Å². The van der Waals surface area contributed by atoms with Crippen LogP contribution in [0.2, 0.25) is 0 Å². The van der Waals surface area contributed by atoms with Crippen molar-refractivity contribution in [1.29, 1.82) is 0 Å². The summed E-state index contributed by atoms with van der Waals surface area (Å²) in [6.07, 6.45) is 7.02. The molecule has 0 radical (unpaired) electrons. The van der Waals surface area contributed by atoms with Gasteiger partial charge >= 0.3 is 5.97 Å². The van der Waals surface area contributed by atoms with E-state index in [2.05, 4.69) is 26.1 Å². The summed E-state index contributed by atoms with van der Waals surface area (Å²) in [5, 5.41) is 3.63. The van der Waals surface area contributed by atoms with Crippen molar-refractivity contribution < 1.29 is 9.53 Å². The van der Waals surface area contributed by atoms with Gasteiger partial charge in [0.25, 0.3) is 0 Å². The molecule has 19 heavy (non-hydrogen) atoms. The van der Waals surface area contributed by atoms with E-state index < -0.39 is 5.54 Å². The Kier molecular flexibility index (Phi) is 4.24. The fourth-order valence-electron chi connectivity index (χ4n) is 3.70. The van der Waals surface area contributed by atoms with Crippen molar-refractivity contribution >= 4 is 5.97 Å². The highest BCUT2D eigenvalue weighted by atomic mass is 16.5. The van der Waals surface area contributed by atoms with Crippen LogP contribution >= 0.6 is 0 Å². The minimum atomic E-state index is -0.451. The quantitative estimate of drug-likeness (QED) is 0.795. The standard InChI is InChI=1S/C16H29NO2/c1-15(2,3)13-7-5-6-10-16(13,14(18)19-4)17-11-12-8-9-12/h12-13,17H,5-11H2,1-4H3. The number of carbonyl (C=O) groups excluding carboxylic acids is 1. The van der Waals surface area contributed by atoms with E-state index >= 15 is 0 Å². The average molecular weight is 267 g/mol. The maximum Gasteiger partial charge on any atom is 0.326 e. The van der Waals surface area contributed by atoms with Crippen molar-refractivity contribution in [3.8, 4) is 0 Å². The summed E-state index contributed by atoms with van der Waals surface area (Å²) in [7, 11) is 1.53. The molecular formula is C16H29NO2. The summed E-state index contributed by atoms with van der Waals surface area (Å²) in [5.41, 5.74) is -0.320. The van der Waals surface area contributed by atoms with Crippen LogP contribution in [0, 0.1) is 17.3 Å². The molecule has 0 spiro atoms. The van der Waals surface area contributed by atoms with Crippen molar-refractivity contribution in [3.05, 3.63) is 0 Å². The third kappa shape index (κ3) is 3.13. The second-order valence-electron chi connectivity index (χ2n) is 7.45. The lowest BCUT2D eigenvalue weighted by atomic mass is 9.62. The van der Waals surface area contributed by atoms with Crippen molar-refractivity contribution in [2.75, 3.05) is 13.7 Å². The molecular weight excluding hydrogens is 238 g/mol. The lowest BCUT2D eigenvalue weighted by Gasteiger charge is -2.48. The lowest BCUT2D eigenvalue weighted by molar-refractivity contribution is -0.156. The first-order valence-electron chi connectivity index (χ1n) is 7.73. The van der Waals surface area contributed by atoms with Gasteiger partial charge in [0, 0.05) is 0 Å². The van der Waals surface area contributed by atoms with Crippen LogP contribution in [0.5, 0.6) is 0 Å². The zero-order valence-electron chi connectivity index (χ0n) is 12.9. The zero-order chi connectivity index (χ0) is 14.1. The maximum atomic E-state index is 12.5. The Labute approximate surface area is 117 Å². The predicted molar refractivity (Wildman–Crippen MR) is 76.9 cm³/mol. The Morgan fingerprint density at radius 3 is 2.47 bits per heavy atom. The normalized spacial score (nSPS) is 32.1. The molecule has 0 bridgehead atoms. The predicted octanol–water partition coefficient (Wildman–Crippen LogP) is 3.13. The summed E-state index contributed by atoms with van der Waals surface area (Å²) >= 11 is 0. The van der Waals surface area contributed by atoms with E-state index in [0.29, 0.717) is 5.92 Å². The number of hydrogen-bond acceptors (Lipinski definition) is 3. The van der Waals surface area contributed by atoms with E-state index in [1.807, 2.05) is 0 Å². The summed E-state index contributed by atoms with van der Waals surface area (Å²) < 4.78 is 5.17. The van der Waals surface area contributed by atoms with Crippen molar-refractivity contribution in [1.82, 2.24) is 5.32 Å². The number of ether oxygens (including phenoxy) is 1. The van der Waals surface area contributed by atoms with Gasteiger partial charge in [0.2, 0.25) is 0 Å². The fourth-order valence-corrected chi connectivity index (χ4v) is 3.70. The van der Waals surface area contributed by atoms with Crippen molar-refractivity contribution in [2.24, 2.45) is 17.3 Å². The molecule has 3 heteroatoms. The van der Waals surface area contributed by atoms with Crippen LogP contribution in [-0.4, -0.2) is 25.2 Å². The van der Waals surface area contributed by atoms with E-state index in [0.717, 1.165) is 31.7 Å². The molecule has 0 saturated heterocycles. The lowest BCUT2D eigenvalue weighted by Crippen LogP contribution is -2.62. The Balaban J connectivity index is 2.22. The zero-order valence-corrected chi connectivity index (χ0v) is 12.9. The van der Waals surface area contributed by atoms with Crippen LogP contribution in [0.4, 0.5) is 0 Å². The second kappa shape index (κ2) is 5.43. The van der Waals surface area contributed by atoms with Crippen LogP contribution in [0.25, 0.3) is 0 Å². The van der Waals surface area contributed by atoms with Gasteiger partial charge in [0.1, 0.15) is 5.54 Å². The second-order valence-corrected chi connectivity index (χ2v) is 7.45. The van der Waals surface area contributed by atoms with Gasteiger partial charge in [-0.2, -0.15) is 0 Å². The monoisotopic (exact) mass is 267 g/mol. The van der Waals surface area contributed by atoms with Gasteiger partial charge in [-0.3, -0.25) is 4.79 Å². The summed E-state index contributed by atoms with van der Waals surface area (Å²) in [6.45, 7) is 7.72. The van der Waals surface area contributed by atoms with Gasteiger partial charge in [-0.15, -0.1) is 0 Å². The van der Waals surface area contributed by atoms with Crippen LogP contribution in [0.3, 0.4) is 0 Å². The van der Waals surface area contributed by atoms with Gasteiger partial charge in [-0.1, -0.05) is 33.6 Å². The first kappa shape index (κ1) is 14.8. The number of carbonyl (C=O) groups is 1. The van der Waals surface area contributed by atoms with E-state index in [4.69, 9.17) is 4.74 Å². The van der Waals surface area contributed by atoms with Gasteiger partial charge < -0.3 is 10.1 Å². The summed E-state index contributed by atoms with van der Waals surface area (Å²) in [6, 6.07) is 0. The molecule has 2 atom stereocenters. The minimum absolute atomic E-state index is 0.0484. The van der Waals surface area contributed by atoms with E-state index in [1.54, 1.807) is 0 Å². The maximum absolute atomic E-state index is 12.5. The number of hydrogen-bond donors (Lipinski definition) is 1. The molecule has 2 rings (SSSR count). The first-order chi connectivity index (χ1) is 8.90. The number of rotatable bonds is 4. The van der Waals surface area contributed by atoms with Crippen molar-refractivity contribution in [3.63, 3.8) is 0 Å². The molecule has 0 aromatic carbocycles. The molecule has 2 saturated carbocycles. The Morgan fingerprint density at radius 2 is 1.95 bits per heavy atom. The highest BCUT2D eigenvalue weighted by Gasteiger charge is 2.52. The molecule has 0 amide bonds. The third-order valence-corrected chi connectivity index (χ3v) is 4.91. The number of methoxy groups -OCH3 is 1. The number of nitrogens with one attached hydrogen (secondary N) is 1. The van der Waals surface area contributed by atoms with Crippen LogP contribution in [0.15, 0.2) is 0 Å². The Morgan fingerprint density at radius 1 is 1.26 bits per heavy atom. The molecule has 0 heterocycles. The van der Waals surface area contributed by atoms with Crippen LogP contribution in [0.1, 0.15) is 59.3 Å². The average Bonchev–Trinajstić information content (AvgIpc) is 3.18. The summed E-state index contributed by atoms with van der Waals surface area (Å²) in [5.74, 6) is 1.09. The van der Waals surface area contributed by atoms with Gasteiger partial charge in [-0.25, -0.2) is 0 Å². The van der Waals surface area contributed by atoms with E-state index in [-0.39, 0.29) is 11.4 Å². The molecule has 110 valence electrons.